The Morgan fingerprint density at radius 3 is 2.42 bits per heavy atom. The highest BCUT2D eigenvalue weighted by molar-refractivity contribution is 5.76. The fourth-order valence-electron chi connectivity index (χ4n) is 2.02. The van der Waals surface area contributed by atoms with E-state index in [0.717, 1.165) is 22.4 Å². The van der Waals surface area contributed by atoms with Crippen LogP contribution in [0.2, 0.25) is 0 Å². The summed E-state index contributed by atoms with van der Waals surface area (Å²) < 4.78 is 5.40. The quantitative estimate of drug-likeness (QED) is 0.892. The van der Waals surface area contributed by atoms with Gasteiger partial charge in [-0.15, -0.1) is 0 Å². The zero-order valence-electron chi connectivity index (χ0n) is 10.8. The van der Waals surface area contributed by atoms with Crippen molar-refractivity contribution in [2.45, 2.75) is 13.3 Å². The van der Waals surface area contributed by atoms with Crippen LogP contribution in [0.1, 0.15) is 12.5 Å². The van der Waals surface area contributed by atoms with E-state index in [-0.39, 0.29) is 6.42 Å². The van der Waals surface area contributed by atoms with Crippen LogP contribution in [0.15, 0.2) is 48.5 Å². The first-order chi connectivity index (χ1) is 9.20. The minimum absolute atomic E-state index is 0.0311. The molecule has 0 amide bonds. The van der Waals surface area contributed by atoms with E-state index < -0.39 is 5.97 Å². The largest absolute Gasteiger partial charge is 0.494 e. The molecule has 2 rings (SSSR count). The molecule has 19 heavy (non-hydrogen) atoms. The molecule has 2 aromatic carbocycles. The van der Waals surface area contributed by atoms with Gasteiger partial charge in [0.05, 0.1) is 13.0 Å². The number of ether oxygens (including phenoxy) is 1. The van der Waals surface area contributed by atoms with Crippen LogP contribution in [0.25, 0.3) is 11.1 Å². The zero-order valence-corrected chi connectivity index (χ0v) is 10.8. The van der Waals surface area contributed by atoms with Crippen LogP contribution in [0, 0.1) is 0 Å². The van der Waals surface area contributed by atoms with Gasteiger partial charge in [-0.25, -0.2) is 0 Å². The van der Waals surface area contributed by atoms with Crippen LogP contribution in [0.3, 0.4) is 0 Å². The second-order valence-electron chi connectivity index (χ2n) is 4.19. The molecule has 0 saturated carbocycles. The van der Waals surface area contributed by atoms with Crippen molar-refractivity contribution in [2.24, 2.45) is 0 Å². The van der Waals surface area contributed by atoms with E-state index in [9.17, 15) is 4.79 Å². The van der Waals surface area contributed by atoms with Crippen molar-refractivity contribution in [1.82, 2.24) is 0 Å². The van der Waals surface area contributed by atoms with Crippen molar-refractivity contribution in [2.75, 3.05) is 6.61 Å². The lowest BCUT2D eigenvalue weighted by Gasteiger charge is -2.09. The molecule has 2 aromatic rings. The summed E-state index contributed by atoms with van der Waals surface area (Å²) in [5.74, 6) is 0.000326. The Kier molecular flexibility index (Phi) is 4.18. The molecule has 0 bridgehead atoms. The average Bonchev–Trinajstić information content (AvgIpc) is 2.40. The molecule has 3 nitrogen and oxygen atoms in total. The Morgan fingerprint density at radius 1 is 1.11 bits per heavy atom. The molecule has 0 atom stereocenters. The average molecular weight is 256 g/mol. The second kappa shape index (κ2) is 6.05. The molecule has 0 fully saturated rings. The van der Waals surface area contributed by atoms with Crippen LogP contribution in [0.5, 0.6) is 5.75 Å². The molecule has 0 aliphatic carbocycles. The van der Waals surface area contributed by atoms with Crippen molar-refractivity contribution < 1.29 is 14.6 Å². The Bertz CT molecular complexity index is 558. The number of hydrogen-bond acceptors (Lipinski definition) is 2. The van der Waals surface area contributed by atoms with Gasteiger partial charge in [-0.05, 0) is 35.7 Å². The number of hydrogen-bond donors (Lipinski definition) is 1. The highest BCUT2D eigenvalue weighted by Crippen LogP contribution is 2.26. The molecule has 98 valence electrons. The number of benzene rings is 2. The lowest BCUT2D eigenvalue weighted by Crippen LogP contribution is -2.01. The third kappa shape index (κ3) is 3.35. The Hall–Kier alpha value is -2.29. The van der Waals surface area contributed by atoms with Crippen LogP contribution < -0.4 is 4.74 Å². The molecule has 0 radical (unpaired) electrons. The normalized spacial score (nSPS) is 10.2. The van der Waals surface area contributed by atoms with Gasteiger partial charge >= 0.3 is 5.97 Å². The maximum absolute atomic E-state index is 10.9. The van der Waals surface area contributed by atoms with Crippen LogP contribution in [-0.4, -0.2) is 17.7 Å². The van der Waals surface area contributed by atoms with Gasteiger partial charge in [-0.1, -0.05) is 36.4 Å². The molecular weight excluding hydrogens is 240 g/mol. The number of carboxylic acids is 1. The number of rotatable bonds is 5. The Morgan fingerprint density at radius 2 is 1.79 bits per heavy atom. The lowest BCUT2D eigenvalue weighted by atomic mass is 9.98. The minimum Gasteiger partial charge on any atom is -0.494 e. The van der Waals surface area contributed by atoms with Gasteiger partial charge < -0.3 is 9.84 Å². The van der Waals surface area contributed by atoms with Crippen LogP contribution in [0.4, 0.5) is 0 Å². The number of carbonyl (C=O) groups is 1. The predicted octanol–water partition coefficient (Wildman–Crippen LogP) is 3.38. The Labute approximate surface area is 112 Å². The fourth-order valence-corrected chi connectivity index (χ4v) is 2.02. The SMILES string of the molecule is CCOc1ccc(-c2ccccc2CC(=O)O)cc1. The monoisotopic (exact) mass is 256 g/mol. The van der Waals surface area contributed by atoms with Crippen molar-refractivity contribution in [3.05, 3.63) is 54.1 Å². The standard InChI is InChI=1S/C16H16O3/c1-2-19-14-9-7-12(8-10-14)15-6-4-3-5-13(15)11-16(17)18/h3-10H,2,11H2,1H3,(H,17,18). The molecule has 3 heteroatoms. The van der Waals surface area contributed by atoms with Gasteiger partial charge in [0.25, 0.3) is 0 Å². The highest BCUT2D eigenvalue weighted by atomic mass is 16.5. The van der Waals surface area contributed by atoms with Crippen LogP contribution in [-0.2, 0) is 11.2 Å². The topological polar surface area (TPSA) is 46.5 Å². The summed E-state index contributed by atoms with van der Waals surface area (Å²) in [5.41, 5.74) is 2.77. The predicted molar refractivity (Wildman–Crippen MR) is 74.4 cm³/mol. The van der Waals surface area contributed by atoms with Crippen molar-refractivity contribution in [3.63, 3.8) is 0 Å². The molecule has 0 unspecified atom stereocenters. The molecule has 0 saturated heterocycles. The van der Waals surface area contributed by atoms with E-state index in [2.05, 4.69) is 0 Å². The molecule has 0 aliphatic rings. The van der Waals surface area contributed by atoms with E-state index in [0.29, 0.717) is 6.61 Å². The van der Waals surface area contributed by atoms with Crippen molar-refractivity contribution in [3.8, 4) is 16.9 Å². The summed E-state index contributed by atoms with van der Waals surface area (Å²) in [6.45, 7) is 2.57. The van der Waals surface area contributed by atoms with E-state index in [4.69, 9.17) is 9.84 Å². The maximum atomic E-state index is 10.9. The summed E-state index contributed by atoms with van der Waals surface area (Å²) in [7, 11) is 0. The molecule has 0 spiro atoms. The minimum atomic E-state index is -0.821. The van der Waals surface area contributed by atoms with E-state index in [1.165, 1.54) is 0 Å². The summed E-state index contributed by atoms with van der Waals surface area (Å²) in [6, 6.07) is 15.3. The Balaban J connectivity index is 2.32. The molecule has 1 N–H and O–H groups in total. The third-order valence-electron chi connectivity index (χ3n) is 2.84. The number of carboxylic acid groups (broad SMARTS) is 1. The fraction of sp³-hybridized carbons (Fsp3) is 0.188. The van der Waals surface area contributed by atoms with E-state index in [1.54, 1.807) is 0 Å². The zero-order chi connectivity index (χ0) is 13.7. The second-order valence-corrected chi connectivity index (χ2v) is 4.19. The first-order valence-electron chi connectivity index (χ1n) is 6.23. The molecular formula is C16H16O3. The lowest BCUT2D eigenvalue weighted by molar-refractivity contribution is -0.136. The van der Waals surface area contributed by atoms with Crippen molar-refractivity contribution in [1.29, 1.82) is 0 Å². The van der Waals surface area contributed by atoms with Crippen LogP contribution >= 0.6 is 0 Å². The van der Waals surface area contributed by atoms with Gasteiger partial charge in [-0.2, -0.15) is 0 Å². The summed E-state index contributed by atoms with van der Waals surface area (Å²) >= 11 is 0. The molecule has 0 aromatic heterocycles. The third-order valence-corrected chi connectivity index (χ3v) is 2.84. The van der Waals surface area contributed by atoms with Crippen molar-refractivity contribution >= 4 is 5.97 Å². The maximum Gasteiger partial charge on any atom is 0.307 e. The van der Waals surface area contributed by atoms with Gasteiger partial charge in [0.15, 0.2) is 0 Å². The van der Waals surface area contributed by atoms with Gasteiger partial charge in [-0.3, -0.25) is 4.79 Å². The first kappa shape index (κ1) is 13.1. The number of aliphatic carboxylic acids is 1. The molecule has 0 aliphatic heterocycles. The van der Waals surface area contributed by atoms with E-state index >= 15 is 0 Å². The first-order valence-corrected chi connectivity index (χ1v) is 6.23. The molecule has 0 heterocycles. The summed E-state index contributed by atoms with van der Waals surface area (Å²) in [5, 5.41) is 8.93. The van der Waals surface area contributed by atoms with E-state index in [1.807, 2.05) is 55.5 Å². The van der Waals surface area contributed by atoms with Gasteiger partial charge in [0, 0.05) is 0 Å². The van der Waals surface area contributed by atoms with Gasteiger partial charge in [0.1, 0.15) is 5.75 Å². The van der Waals surface area contributed by atoms with Gasteiger partial charge in [0.2, 0.25) is 0 Å². The summed E-state index contributed by atoms with van der Waals surface area (Å²) in [4.78, 5) is 10.9. The summed E-state index contributed by atoms with van der Waals surface area (Å²) in [6.07, 6.45) is 0.0311. The smallest absolute Gasteiger partial charge is 0.307 e. The highest BCUT2D eigenvalue weighted by Gasteiger charge is 2.08.